The fraction of sp³-hybridized carbons (Fsp3) is 0.158. The van der Waals surface area contributed by atoms with E-state index >= 15 is 0 Å². The molecule has 0 spiro atoms. The molecule has 0 radical (unpaired) electrons. The topological polar surface area (TPSA) is 74.0 Å². The molecule has 3 N–H and O–H groups in total. The summed E-state index contributed by atoms with van der Waals surface area (Å²) in [6.07, 6.45) is 3.24. The second kappa shape index (κ2) is 7.37. The largest absolute Gasteiger partial charge is 0.354 e. The molecule has 1 aliphatic heterocycles. The molecule has 1 fully saturated rings. The van der Waals surface area contributed by atoms with Crippen LogP contribution >= 0.6 is 22.9 Å². The highest BCUT2D eigenvalue weighted by molar-refractivity contribution is 7.19. The number of benzene rings is 1. The second-order valence-electron chi connectivity index (χ2n) is 6.30. The number of hydrogen-bond acceptors (Lipinski definition) is 3. The lowest BCUT2D eigenvalue weighted by molar-refractivity contribution is -0.125. The van der Waals surface area contributed by atoms with E-state index in [-0.39, 0.29) is 11.4 Å². The van der Waals surface area contributed by atoms with Crippen molar-refractivity contribution in [2.75, 3.05) is 6.54 Å². The van der Waals surface area contributed by atoms with Gasteiger partial charge in [0.2, 0.25) is 11.8 Å². The molecule has 2 amide bonds. The summed E-state index contributed by atoms with van der Waals surface area (Å²) in [5, 5.41) is 5.55. The van der Waals surface area contributed by atoms with E-state index in [0.29, 0.717) is 33.9 Å². The van der Waals surface area contributed by atoms with E-state index in [1.807, 2.05) is 0 Å². The Morgan fingerprint density at radius 2 is 2.14 bits per heavy atom. The maximum Gasteiger partial charge on any atom is 0.244 e. The molecule has 0 aliphatic carbocycles. The van der Waals surface area contributed by atoms with Crippen LogP contribution in [-0.2, 0) is 9.59 Å². The summed E-state index contributed by atoms with van der Waals surface area (Å²) in [5.41, 5.74) is 1.12. The van der Waals surface area contributed by atoms with Crippen LogP contribution in [0.1, 0.15) is 12.0 Å². The molecule has 4 rings (SSSR count). The van der Waals surface area contributed by atoms with E-state index in [1.54, 1.807) is 12.1 Å². The highest BCUT2D eigenvalue weighted by atomic mass is 35.5. The van der Waals surface area contributed by atoms with Gasteiger partial charge in [-0.15, -0.1) is 11.3 Å². The van der Waals surface area contributed by atoms with Crippen molar-refractivity contribution in [3.05, 3.63) is 51.9 Å². The smallest absolute Gasteiger partial charge is 0.244 e. The predicted octanol–water partition coefficient (Wildman–Crippen LogP) is 3.85. The number of aromatic nitrogens is 1. The monoisotopic (exact) mass is 421 g/mol. The molecular formula is C19H14ClF2N3O2S. The molecule has 0 unspecified atom stereocenters. The lowest BCUT2D eigenvalue weighted by atomic mass is 10.1. The van der Waals surface area contributed by atoms with E-state index in [4.69, 9.17) is 11.6 Å². The Morgan fingerprint density at radius 1 is 1.32 bits per heavy atom. The average Bonchev–Trinajstić information content (AvgIpc) is 3.33. The quantitative estimate of drug-likeness (QED) is 0.560. The number of rotatable bonds is 4. The SMILES string of the molecule is O=C(C=Cc1c(-c2ccc(Cl)s2)[nH]c2c(F)cc(F)cc12)N[C@H]1CCNC1=O. The van der Waals surface area contributed by atoms with E-state index in [2.05, 4.69) is 15.6 Å². The molecule has 9 heteroatoms. The number of amides is 2. The van der Waals surface area contributed by atoms with Crippen molar-refractivity contribution in [1.82, 2.24) is 15.6 Å². The number of thiophene rings is 1. The molecule has 28 heavy (non-hydrogen) atoms. The molecular weight excluding hydrogens is 408 g/mol. The Morgan fingerprint density at radius 3 is 2.82 bits per heavy atom. The molecule has 0 bridgehead atoms. The third kappa shape index (κ3) is 3.53. The number of H-pyrrole nitrogens is 1. The zero-order valence-electron chi connectivity index (χ0n) is 14.3. The maximum absolute atomic E-state index is 14.2. The van der Waals surface area contributed by atoms with Crippen molar-refractivity contribution in [1.29, 1.82) is 0 Å². The normalized spacial score (nSPS) is 16.8. The molecule has 1 aliphatic rings. The summed E-state index contributed by atoms with van der Waals surface area (Å²) < 4.78 is 28.6. The summed E-state index contributed by atoms with van der Waals surface area (Å²) in [6.45, 7) is 0.512. The lowest BCUT2D eigenvalue weighted by Crippen LogP contribution is -2.39. The van der Waals surface area contributed by atoms with E-state index in [1.165, 1.54) is 29.6 Å². The minimum Gasteiger partial charge on any atom is -0.354 e. The van der Waals surface area contributed by atoms with Crippen LogP contribution in [0.2, 0.25) is 4.34 Å². The maximum atomic E-state index is 14.2. The van der Waals surface area contributed by atoms with Gasteiger partial charge in [0.1, 0.15) is 17.7 Å². The number of nitrogens with one attached hydrogen (secondary N) is 3. The molecule has 1 aromatic carbocycles. The molecule has 1 saturated heterocycles. The van der Waals surface area contributed by atoms with Gasteiger partial charge >= 0.3 is 0 Å². The number of hydrogen-bond donors (Lipinski definition) is 3. The Bertz CT molecular complexity index is 1120. The predicted molar refractivity (Wildman–Crippen MR) is 105 cm³/mol. The molecule has 5 nitrogen and oxygen atoms in total. The summed E-state index contributed by atoms with van der Waals surface area (Å²) in [6, 6.07) is 4.87. The number of aromatic amines is 1. The zero-order chi connectivity index (χ0) is 19.8. The zero-order valence-corrected chi connectivity index (χ0v) is 15.9. The summed E-state index contributed by atoms with van der Waals surface area (Å²) in [4.78, 5) is 27.5. The van der Waals surface area contributed by atoms with Gasteiger partial charge in [-0.25, -0.2) is 8.78 Å². The molecule has 3 aromatic rings. The van der Waals surface area contributed by atoms with Gasteiger partial charge in [0.25, 0.3) is 0 Å². The first-order valence-corrected chi connectivity index (χ1v) is 9.64. The third-order valence-electron chi connectivity index (χ3n) is 4.45. The minimum atomic E-state index is -0.731. The van der Waals surface area contributed by atoms with Gasteiger partial charge in [-0.2, -0.15) is 0 Å². The Labute approximate surface area is 167 Å². The number of fused-ring (bicyclic) bond motifs is 1. The van der Waals surface area contributed by atoms with Crippen molar-refractivity contribution in [3.63, 3.8) is 0 Å². The molecule has 0 saturated carbocycles. The van der Waals surface area contributed by atoms with Crippen molar-refractivity contribution in [2.24, 2.45) is 0 Å². The summed E-state index contributed by atoms with van der Waals surface area (Å²) in [7, 11) is 0. The number of carbonyl (C=O) groups excluding carboxylic acids is 2. The molecule has 2 aromatic heterocycles. The van der Waals surface area contributed by atoms with Crippen molar-refractivity contribution in [3.8, 4) is 10.6 Å². The van der Waals surface area contributed by atoms with Crippen molar-refractivity contribution < 1.29 is 18.4 Å². The molecule has 144 valence electrons. The van der Waals surface area contributed by atoms with Crippen LogP contribution in [0.25, 0.3) is 27.6 Å². The summed E-state index contributed by atoms with van der Waals surface area (Å²) in [5.74, 6) is -2.15. The molecule has 3 heterocycles. The Balaban J connectivity index is 1.73. The van der Waals surface area contributed by atoms with E-state index < -0.39 is 23.6 Å². The van der Waals surface area contributed by atoms with Crippen LogP contribution in [0.3, 0.4) is 0 Å². The van der Waals surface area contributed by atoms with Crippen molar-refractivity contribution in [2.45, 2.75) is 12.5 Å². The van der Waals surface area contributed by atoms with Crippen LogP contribution in [0.15, 0.2) is 30.3 Å². The average molecular weight is 422 g/mol. The van der Waals surface area contributed by atoms with Gasteiger partial charge in [-0.05, 0) is 30.7 Å². The Kier molecular flexibility index (Phi) is 4.91. The first-order valence-electron chi connectivity index (χ1n) is 8.45. The first kappa shape index (κ1) is 18.6. The van der Waals surface area contributed by atoms with Gasteiger partial charge in [-0.3, -0.25) is 9.59 Å². The molecule has 1 atom stereocenters. The van der Waals surface area contributed by atoms with E-state index in [0.717, 1.165) is 10.9 Å². The minimum absolute atomic E-state index is 0.135. The highest BCUT2D eigenvalue weighted by Gasteiger charge is 2.25. The fourth-order valence-corrected chi connectivity index (χ4v) is 4.22. The van der Waals surface area contributed by atoms with Crippen LogP contribution in [0.5, 0.6) is 0 Å². The number of carbonyl (C=O) groups is 2. The highest BCUT2D eigenvalue weighted by Crippen LogP contribution is 2.37. The van der Waals surface area contributed by atoms with Crippen LogP contribution < -0.4 is 10.6 Å². The fourth-order valence-electron chi connectivity index (χ4n) is 3.17. The van der Waals surface area contributed by atoms with Crippen LogP contribution in [-0.4, -0.2) is 29.4 Å². The van der Waals surface area contributed by atoms with E-state index in [9.17, 15) is 18.4 Å². The van der Waals surface area contributed by atoms with Gasteiger partial charge < -0.3 is 15.6 Å². The third-order valence-corrected chi connectivity index (χ3v) is 5.70. The standard InChI is InChI=1S/C19H14ClF2N3O2S/c20-15-3-2-14(28-15)18-10(11-7-9(21)8-12(22)17(11)25-18)1-4-16(26)24-13-5-6-23-19(13)27/h1-4,7-8,13,25H,5-6H2,(H,23,27)(H,24,26)/t13-/m0/s1. The van der Waals surface area contributed by atoms with Gasteiger partial charge in [0.15, 0.2) is 0 Å². The lowest BCUT2D eigenvalue weighted by Gasteiger charge is -2.07. The van der Waals surface area contributed by atoms with Crippen molar-refractivity contribution >= 4 is 51.7 Å². The second-order valence-corrected chi connectivity index (χ2v) is 8.02. The Hall–Kier alpha value is -2.71. The van der Waals surface area contributed by atoms with Gasteiger partial charge in [0.05, 0.1) is 20.4 Å². The first-order chi connectivity index (χ1) is 13.4. The van der Waals surface area contributed by atoms with Crippen LogP contribution in [0.4, 0.5) is 8.78 Å². The number of halogens is 3. The van der Waals surface area contributed by atoms with Gasteiger partial charge in [0, 0.05) is 29.6 Å². The van der Waals surface area contributed by atoms with Crippen LogP contribution in [0, 0.1) is 11.6 Å². The van der Waals surface area contributed by atoms with Gasteiger partial charge in [-0.1, -0.05) is 11.6 Å². The summed E-state index contributed by atoms with van der Waals surface area (Å²) >= 11 is 7.28.